The number of aryl methyl sites for hydroxylation is 1. The SMILES string of the molecule is CCOC(=O)Cc1csc(NC(=O)C(C)n2nc(C)ccc2=O)n1. The molecule has 2 aromatic rings. The highest BCUT2D eigenvalue weighted by molar-refractivity contribution is 7.13. The molecule has 0 fully saturated rings. The van der Waals surface area contributed by atoms with E-state index in [0.29, 0.717) is 23.1 Å². The lowest BCUT2D eigenvalue weighted by atomic mass is 10.3. The molecule has 0 bridgehead atoms. The lowest BCUT2D eigenvalue weighted by Gasteiger charge is -2.13. The maximum Gasteiger partial charge on any atom is 0.311 e. The van der Waals surface area contributed by atoms with Gasteiger partial charge in [-0.1, -0.05) is 0 Å². The second kappa shape index (κ2) is 7.82. The van der Waals surface area contributed by atoms with E-state index >= 15 is 0 Å². The number of aromatic nitrogens is 3. The van der Waals surface area contributed by atoms with Gasteiger partial charge in [0.15, 0.2) is 5.13 Å². The second-order valence-corrected chi connectivity index (χ2v) is 5.91. The molecule has 1 N–H and O–H groups in total. The van der Waals surface area contributed by atoms with Crippen molar-refractivity contribution in [3.05, 3.63) is 39.3 Å². The van der Waals surface area contributed by atoms with Crippen molar-refractivity contribution in [2.75, 3.05) is 11.9 Å². The molecule has 1 atom stereocenters. The Labute approximate surface area is 142 Å². The molecule has 0 aliphatic heterocycles. The lowest BCUT2D eigenvalue weighted by molar-refractivity contribution is -0.142. The molecule has 0 radical (unpaired) electrons. The number of rotatable bonds is 6. The Hall–Kier alpha value is -2.55. The van der Waals surface area contributed by atoms with Crippen LogP contribution in [-0.2, 0) is 20.7 Å². The maximum atomic E-state index is 12.3. The molecule has 2 aromatic heterocycles. The summed E-state index contributed by atoms with van der Waals surface area (Å²) in [6.45, 7) is 5.36. The quantitative estimate of drug-likeness (QED) is 0.788. The number of ether oxygens (including phenoxy) is 1. The summed E-state index contributed by atoms with van der Waals surface area (Å²) in [7, 11) is 0. The number of amides is 1. The van der Waals surface area contributed by atoms with E-state index in [1.165, 1.54) is 17.4 Å². The van der Waals surface area contributed by atoms with Gasteiger partial charge < -0.3 is 10.1 Å². The smallest absolute Gasteiger partial charge is 0.311 e. The van der Waals surface area contributed by atoms with Crippen LogP contribution < -0.4 is 10.9 Å². The van der Waals surface area contributed by atoms with Crippen LogP contribution in [-0.4, -0.2) is 33.2 Å². The number of carbonyl (C=O) groups is 2. The van der Waals surface area contributed by atoms with Crippen LogP contribution in [0.2, 0.25) is 0 Å². The monoisotopic (exact) mass is 350 g/mol. The van der Waals surface area contributed by atoms with Crippen molar-refractivity contribution in [3.8, 4) is 0 Å². The first kappa shape index (κ1) is 17.8. The Morgan fingerprint density at radius 3 is 2.88 bits per heavy atom. The summed E-state index contributed by atoms with van der Waals surface area (Å²) in [6, 6.07) is 2.17. The molecule has 2 heterocycles. The minimum absolute atomic E-state index is 0.0503. The van der Waals surface area contributed by atoms with E-state index in [2.05, 4.69) is 15.4 Å². The number of carbonyl (C=O) groups excluding carboxylic acids is 2. The van der Waals surface area contributed by atoms with Crippen LogP contribution >= 0.6 is 11.3 Å². The number of hydrogen-bond donors (Lipinski definition) is 1. The topological polar surface area (TPSA) is 103 Å². The summed E-state index contributed by atoms with van der Waals surface area (Å²) in [5, 5.41) is 8.72. The van der Waals surface area contributed by atoms with Crippen molar-refractivity contribution in [3.63, 3.8) is 0 Å². The molecule has 8 nitrogen and oxygen atoms in total. The van der Waals surface area contributed by atoms with E-state index in [9.17, 15) is 14.4 Å². The van der Waals surface area contributed by atoms with Gasteiger partial charge >= 0.3 is 5.97 Å². The first-order valence-corrected chi connectivity index (χ1v) is 8.26. The normalized spacial score (nSPS) is 11.8. The molecule has 1 unspecified atom stereocenters. The molecule has 24 heavy (non-hydrogen) atoms. The van der Waals surface area contributed by atoms with Crippen LogP contribution in [0.15, 0.2) is 22.3 Å². The average Bonchev–Trinajstić information content (AvgIpc) is 2.96. The highest BCUT2D eigenvalue weighted by atomic mass is 32.1. The third kappa shape index (κ3) is 4.48. The van der Waals surface area contributed by atoms with Crippen molar-refractivity contribution >= 4 is 28.3 Å². The predicted molar refractivity (Wildman–Crippen MR) is 89.0 cm³/mol. The third-order valence-electron chi connectivity index (χ3n) is 3.12. The molecule has 9 heteroatoms. The minimum atomic E-state index is -0.783. The van der Waals surface area contributed by atoms with E-state index in [0.717, 1.165) is 4.68 Å². The number of nitrogens with zero attached hydrogens (tertiary/aromatic N) is 3. The summed E-state index contributed by atoms with van der Waals surface area (Å²) >= 11 is 1.20. The third-order valence-corrected chi connectivity index (χ3v) is 3.92. The lowest BCUT2D eigenvalue weighted by Crippen LogP contribution is -2.33. The minimum Gasteiger partial charge on any atom is -0.466 e. The molecule has 0 aliphatic rings. The fourth-order valence-corrected chi connectivity index (χ4v) is 2.64. The van der Waals surface area contributed by atoms with E-state index in [-0.39, 0.29) is 17.9 Å². The van der Waals surface area contributed by atoms with Gasteiger partial charge in [-0.05, 0) is 26.8 Å². The zero-order valence-corrected chi connectivity index (χ0v) is 14.4. The summed E-state index contributed by atoms with van der Waals surface area (Å²) < 4.78 is 5.97. The van der Waals surface area contributed by atoms with E-state index in [1.54, 1.807) is 32.2 Å². The average molecular weight is 350 g/mol. The van der Waals surface area contributed by atoms with Crippen LogP contribution in [0.1, 0.15) is 31.3 Å². The number of nitrogens with one attached hydrogen (secondary N) is 1. The Morgan fingerprint density at radius 1 is 1.42 bits per heavy atom. The van der Waals surface area contributed by atoms with Gasteiger partial charge in [0.25, 0.3) is 11.5 Å². The molecule has 0 saturated heterocycles. The van der Waals surface area contributed by atoms with Gasteiger partial charge in [-0.25, -0.2) is 9.67 Å². The van der Waals surface area contributed by atoms with E-state index < -0.39 is 11.9 Å². The Kier molecular flexibility index (Phi) is 5.80. The molecular weight excluding hydrogens is 332 g/mol. The van der Waals surface area contributed by atoms with Gasteiger partial charge in [-0.15, -0.1) is 11.3 Å². The van der Waals surface area contributed by atoms with Crippen molar-refractivity contribution in [2.24, 2.45) is 0 Å². The van der Waals surface area contributed by atoms with Crippen LogP contribution in [0.3, 0.4) is 0 Å². The van der Waals surface area contributed by atoms with Crippen molar-refractivity contribution in [1.82, 2.24) is 14.8 Å². The molecule has 0 aliphatic carbocycles. The molecule has 2 rings (SSSR count). The number of hydrogen-bond acceptors (Lipinski definition) is 7. The zero-order chi connectivity index (χ0) is 17.7. The predicted octanol–water partition coefficient (Wildman–Crippen LogP) is 1.31. The number of anilines is 1. The largest absolute Gasteiger partial charge is 0.466 e. The zero-order valence-electron chi connectivity index (χ0n) is 13.6. The van der Waals surface area contributed by atoms with Gasteiger partial charge in [-0.2, -0.15) is 5.10 Å². The summed E-state index contributed by atoms with van der Waals surface area (Å²) in [5.41, 5.74) is 0.804. The Morgan fingerprint density at radius 2 is 2.17 bits per heavy atom. The molecule has 0 saturated carbocycles. The van der Waals surface area contributed by atoms with E-state index in [1.807, 2.05) is 0 Å². The molecule has 0 spiro atoms. The van der Waals surface area contributed by atoms with Crippen LogP contribution in [0.4, 0.5) is 5.13 Å². The maximum absolute atomic E-state index is 12.3. The van der Waals surface area contributed by atoms with Gasteiger partial charge in [0.1, 0.15) is 6.04 Å². The van der Waals surface area contributed by atoms with Crippen molar-refractivity contribution in [2.45, 2.75) is 33.2 Å². The van der Waals surface area contributed by atoms with Crippen molar-refractivity contribution < 1.29 is 14.3 Å². The highest BCUT2D eigenvalue weighted by Gasteiger charge is 2.19. The van der Waals surface area contributed by atoms with Crippen molar-refractivity contribution in [1.29, 1.82) is 0 Å². The second-order valence-electron chi connectivity index (χ2n) is 5.05. The summed E-state index contributed by atoms with van der Waals surface area (Å²) in [4.78, 5) is 39.7. The summed E-state index contributed by atoms with van der Waals surface area (Å²) in [6.07, 6.45) is 0.0503. The fourth-order valence-electron chi connectivity index (χ4n) is 1.92. The standard InChI is InChI=1S/C15H18N4O4S/c1-4-23-13(21)7-11-8-24-15(16-11)17-14(22)10(3)19-12(20)6-5-9(2)18-19/h5-6,8,10H,4,7H2,1-3H3,(H,16,17,22). The van der Waals surface area contributed by atoms with Gasteiger partial charge in [0.2, 0.25) is 0 Å². The fraction of sp³-hybridized carbons (Fsp3) is 0.400. The van der Waals surface area contributed by atoms with Crippen LogP contribution in [0, 0.1) is 6.92 Å². The molecule has 128 valence electrons. The van der Waals surface area contributed by atoms with Crippen LogP contribution in [0.5, 0.6) is 0 Å². The molecule has 1 amide bonds. The molecular formula is C15H18N4O4S. The van der Waals surface area contributed by atoms with Crippen LogP contribution in [0.25, 0.3) is 0 Å². The molecule has 0 aromatic carbocycles. The number of thiazole rings is 1. The van der Waals surface area contributed by atoms with Gasteiger partial charge in [0.05, 0.1) is 24.4 Å². The van der Waals surface area contributed by atoms with E-state index in [4.69, 9.17) is 4.74 Å². The Balaban J connectivity index is 2.04. The first-order valence-electron chi connectivity index (χ1n) is 7.38. The van der Waals surface area contributed by atoms with Gasteiger partial charge in [-0.3, -0.25) is 14.4 Å². The summed E-state index contributed by atoms with van der Waals surface area (Å²) in [5.74, 6) is -0.781. The first-order chi connectivity index (χ1) is 11.4. The Bertz CT molecular complexity index is 799. The highest BCUT2D eigenvalue weighted by Crippen LogP contribution is 2.17. The van der Waals surface area contributed by atoms with Gasteiger partial charge in [0, 0.05) is 11.4 Å². The number of esters is 1.